The first-order chi connectivity index (χ1) is 12.9. The van der Waals surface area contributed by atoms with Gasteiger partial charge in [0.2, 0.25) is 0 Å². The second kappa shape index (κ2) is 12.6. The molecule has 0 saturated carbocycles. The van der Waals surface area contributed by atoms with E-state index in [0.29, 0.717) is 32.2 Å². The van der Waals surface area contributed by atoms with Crippen LogP contribution in [-0.4, -0.2) is 46.1 Å². The molecule has 0 atom stereocenters. The first-order valence-electron chi connectivity index (χ1n) is 9.78. The Morgan fingerprint density at radius 2 is 1.93 bits per heavy atom. The van der Waals surface area contributed by atoms with Crippen LogP contribution in [0.2, 0.25) is 0 Å². The highest BCUT2D eigenvalue weighted by Crippen LogP contribution is 2.21. The summed E-state index contributed by atoms with van der Waals surface area (Å²) in [5, 5.41) is 6.20. The van der Waals surface area contributed by atoms with Crippen LogP contribution in [0.15, 0.2) is 23.2 Å². The second-order valence-electron chi connectivity index (χ2n) is 6.77. The molecule has 0 saturated heterocycles. The SMILES string of the molecule is CCCCCCOc1cc(C)ccc1CN=C(NCC)NCCS(C)(=O)=O. The highest BCUT2D eigenvalue weighted by molar-refractivity contribution is 7.90. The Bertz CT molecular complexity index is 688. The normalized spacial score (nSPS) is 12.1. The molecule has 0 radical (unpaired) electrons. The number of nitrogens with zero attached hydrogens (tertiary/aromatic N) is 1. The molecule has 0 fully saturated rings. The van der Waals surface area contributed by atoms with E-state index >= 15 is 0 Å². The van der Waals surface area contributed by atoms with Gasteiger partial charge in [0.15, 0.2) is 5.96 Å². The Morgan fingerprint density at radius 1 is 1.15 bits per heavy atom. The molecule has 0 spiro atoms. The Balaban J connectivity index is 2.70. The Morgan fingerprint density at radius 3 is 2.59 bits per heavy atom. The van der Waals surface area contributed by atoms with Gasteiger partial charge in [-0.15, -0.1) is 0 Å². The van der Waals surface area contributed by atoms with Crippen molar-refractivity contribution in [2.24, 2.45) is 4.99 Å². The molecule has 2 N–H and O–H groups in total. The van der Waals surface area contributed by atoms with Gasteiger partial charge in [0, 0.05) is 24.9 Å². The number of sulfone groups is 1. The number of hydrogen-bond acceptors (Lipinski definition) is 4. The van der Waals surface area contributed by atoms with E-state index in [9.17, 15) is 8.42 Å². The zero-order valence-corrected chi connectivity index (χ0v) is 18.0. The van der Waals surface area contributed by atoms with E-state index in [4.69, 9.17) is 4.74 Å². The monoisotopic (exact) mass is 397 g/mol. The van der Waals surface area contributed by atoms with Crippen molar-refractivity contribution in [3.63, 3.8) is 0 Å². The van der Waals surface area contributed by atoms with Crippen molar-refractivity contribution >= 4 is 15.8 Å². The van der Waals surface area contributed by atoms with Crippen molar-refractivity contribution in [1.82, 2.24) is 10.6 Å². The lowest BCUT2D eigenvalue weighted by atomic mass is 10.1. The highest BCUT2D eigenvalue weighted by Gasteiger charge is 2.06. The summed E-state index contributed by atoms with van der Waals surface area (Å²) in [6.45, 7) is 8.45. The van der Waals surface area contributed by atoms with Crippen LogP contribution in [-0.2, 0) is 16.4 Å². The van der Waals surface area contributed by atoms with Crippen molar-refractivity contribution in [1.29, 1.82) is 0 Å². The molecular formula is C20H35N3O3S. The summed E-state index contributed by atoms with van der Waals surface area (Å²) in [7, 11) is -3.00. The van der Waals surface area contributed by atoms with Crippen molar-refractivity contribution in [2.45, 2.75) is 53.0 Å². The number of ether oxygens (including phenoxy) is 1. The maximum Gasteiger partial charge on any atom is 0.191 e. The number of aryl methyl sites for hydroxylation is 1. The maximum atomic E-state index is 11.3. The van der Waals surface area contributed by atoms with Gasteiger partial charge in [-0.05, 0) is 31.9 Å². The second-order valence-corrected chi connectivity index (χ2v) is 9.03. The molecule has 0 aliphatic carbocycles. The molecule has 1 rings (SSSR count). The summed E-state index contributed by atoms with van der Waals surface area (Å²) in [5.41, 5.74) is 2.18. The minimum absolute atomic E-state index is 0.0774. The third kappa shape index (κ3) is 10.9. The van der Waals surface area contributed by atoms with E-state index in [-0.39, 0.29) is 5.75 Å². The topological polar surface area (TPSA) is 79.8 Å². The van der Waals surface area contributed by atoms with Gasteiger partial charge in [-0.2, -0.15) is 0 Å². The molecule has 27 heavy (non-hydrogen) atoms. The van der Waals surface area contributed by atoms with Crippen LogP contribution >= 0.6 is 0 Å². The Hall–Kier alpha value is -1.76. The van der Waals surface area contributed by atoms with Crippen LogP contribution in [0.5, 0.6) is 5.75 Å². The molecule has 6 nitrogen and oxygen atoms in total. The molecule has 0 aliphatic rings. The average Bonchev–Trinajstić information content (AvgIpc) is 2.59. The predicted octanol–water partition coefficient (Wildman–Crippen LogP) is 3.05. The third-order valence-electron chi connectivity index (χ3n) is 4.00. The number of nitrogens with one attached hydrogen (secondary N) is 2. The molecule has 0 aromatic heterocycles. The minimum Gasteiger partial charge on any atom is -0.493 e. The van der Waals surface area contributed by atoms with Gasteiger partial charge in [-0.1, -0.05) is 38.3 Å². The van der Waals surface area contributed by atoms with Gasteiger partial charge in [0.25, 0.3) is 0 Å². The Labute approximate surface area is 164 Å². The molecule has 0 unspecified atom stereocenters. The number of aliphatic imine (C=N–C) groups is 1. The number of hydrogen-bond donors (Lipinski definition) is 2. The fourth-order valence-electron chi connectivity index (χ4n) is 2.50. The van der Waals surface area contributed by atoms with Crippen LogP contribution in [0.25, 0.3) is 0 Å². The van der Waals surface area contributed by atoms with E-state index < -0.39 is 9.84 Å². The quantitative estimate of drug-likeness (QED) is 0.322. The Kier molecular flexibility index (Phi) is 10.9. The van der Waals surface area contributed by atoms with Crippen molar-refractivity contribution in [2.75, 3.05) is 31.7 Å². The lowest BCUT2D eigenvalue weighted by Crippen LogP contribution is -2.39. The van der Waals surface area contributed by atoms with E-state index in [1.165, 1.54) is 25.5 Å². The van der Waals surface area contributed by atoms with E-state index in [2.05, 4.69) is 34.7 Å². The van der Waals surface area contributed by atoms with E-state index in [1.54, 1.807) is 0 Å². The molecular weight excluding hydrogens is 362 g/mol. The van der Waals surface area contributed by atoms with Gasteiger partial charge >= 0.3 is 0 Å². The summed E-state index contributed by atoms with van der Waals surface area (Å²) in [5.74, 6) is 1.56. The first-order valence-corrected chi connectivity index (χ1v) is 11.8. The zero-order chi connectivity index (χ0) is 20.1. The number of benzene rings is 1. The fraction of sp³-hybridized carbons (Fsp3) is 0.650. The van der Waals surface area contributed by atoms with Gasteiger partial charge in [0.1, 0.15) is 15.6 Å². The summed E-state index contributed by atoms with van der Waals surface area (Å²) < 4.78 is 28.5. The van der Waals surface area contributed by atoms with Crippen LogP contribution in [0, 0.1) is 6.92 Å². The molecule has 0 bridgehead atoms. The smallest absolute Gasteiger partial charge is 0.191 e. The molecule has 0 amide bonds. The zero-order valence-electron chi connectivity index (χ0n) is 17.2. The van der Waals surface area contributed by atoms with Crippen molar-refractivity contribution in [3.05, 3.63) is 29.3 Å². The summed E-state index contributed by atoms with van der Waals surface area (Å²) in [6, 6.07) is 6.15. The number of unbranched alkanes of at least 4 members (excludes halogenated alkanes) is 3. The molecule has 1 aromatic carbocycles. The van der Waals surface area contributed by atoms with Crippen molar-refractivity contribution in [3.8, 4) is 5.75 Å². The fourth-order valence-corrected chi connectivity index (χ4v) is 2.97. The average molecular weight is 398 g/mol. The molecule has 0 aliphatic heterocycles. The van der Waals surface area contributed by atoms with Gasteiger partial charge in [-0.3, -0.25) is 0 Å². The number of guanidine groups is 1. The predicted molar refractivity (Wildman–Crippen MR) is 113 cm³/mol. The van der Waals surface area contributed by atoms with Crippen LogP contribution in [0.1, 0.15) is 50.7 Å². The lowest BCUT2D eigenvalue weighted by molar-refractivity contribution is 0.302. The van der Waals surface area contributed by atoms with Crippen LogP contribution in [0.4, 0.5) is 0 Å². The summed E-state index contributed by atoms with van der Waals surface area (Å²) in [6.07, 6.45) is 5.92. The van der Waals surface area contributed by atoms with E-state index in [1.807, 2.05) is 19.9 Å². The first kappa shape index (κ1) is 23.3. The van der Waals surface area contributed by atoms with Crippen LogP contribution < -0.4 is 15.4 Å². The van der Waals surface area contributed by atoms with Crippen LogP contribution in [0.3, 0.4) is 0 Å². The van der Waals surface area contributed by atoms with E-state index in [0.717, 1.165) is 23.3 Å². The van der Waals surface area contributed by atoms with Crippen molar-refractivity contribution < 1.29 is 13.2 Å². The highest BCUT2D eigenvalue weighted by atomic mass is 32.2. The third-order valence-corrected chi connectivity index (χ3v) is 4.94. The number of rotatable bonds is 12. The molecule has 7 heteroatoms. The maximum absolute atomic E-state index is 11.3. The summed E-state index contributed by atoms with van der Waals surface area (Å²) in [4.78, 5) is 4.57. The molecule has 154 valence electrons. The van der Waals surface area contributed by atoms with Gasteiger partial charge in [0.05, 0.1) is 18.9 Å². The largest absolute Gasteiger partial charge is 0.493 e. The minimum atomic E-state index is -3.00. The molecule has 0 heterocycles. The molecule has 1 aromatic rings. The lowest BCUT2D eigenvalue weighted by Gasteiger charge is -2.13. The van der Waals surface area contributed by atoms with Gasteiger partial charge in [-0.25, -0.2) is 13.4 Å². The standard InChI is InChI=1S/C20H35N3O3S/c1-5-7-8-9-13-26-19-15-17(3)10-11-18(19)16-23-20(21-6-2)22-12-14-27(4,24)25/h10-11,15H,5-9,12-14,16H2,1-4H3,(H2,21,22,23). The summed E-state index contributed by atoms with van der Waals surface area (Å²) >= 11 is 0. The van der Waals surface area contributed by atoms with Gasteiger partial charge < -0.3 is 15.4 Å².